The van der Waals surface area contributed by atoms with Crippen molar-refractivity contribution in [2.45, 2.75) is 43.4 Å². The first-order valence-corrected chi connectivity index (χ1v) is 7.63. The van der Waals surface area contributed by atoms with E-state index in [1.165, 1.54) is 17.3 Å². The lowest BCUT2D eigenvalue weighted by molar-refractivity contribution is 0.598. The quantitative estimate of drug-likeness (QED) is 0.858. The number of nitrogens with zero attached hydrogens (tertiary/aromatic N) is 2. The van der Waals surface area contributed by atoms with E-state index < -0.39 is 0 Å². The van der Waals surface area contributed by atoms with Crippen molar-refractivity contribution in [3.63, 3.8) is 0 Å². The molecule has 0 bridgehead atoms. The van der Waals surface area contributed by atoms with Crippen LogP contribution in [0, 0.1) is 0 Å². The molecule has 0 spiro atoms. The molecule has 0 saturated carbocycles. The molecule has 6 heteroatoms. The van der Waals surface area contributed by atoms with Gasteiger partial charge in [0.1, 0.15) is 0 Å². The smallest absolute Gasteiger partial charge is 0.310 e. The van der Waals surface area contributed by atoms with E-state index in [0.29, 0.717) is 17.7 Å². The normalized spacial score (nSPS) is 12.6. The first-order valence-electron chi connectivity index (χ1n) is 6.82. The highest BCUT2D eigenvalue weighted by molar-refractivity contribution is 7.99. The Morgan fingerprint density at radius 3 is 2.65 bits per heavy atom. The summed E-state index contributed by atoms with van der Waals surface area (Å²) in [4.78, 5) is 12.6. The van der Waals surface area contributed by atoms with Crippen molar-refractivity contribution in [1.82, 2.24) is 20.1 Å². The largest absolute Gasteiger partial charge is 0.343 e. The average molecular weight is 292 g/mol. The SMILES string of the molecule is CCNC(C)c1ccc(Sc2n[nH]c(=O)n2CC)cc1. The lowest BCUT2D eigenvalue weighted by Gasteiger charge is -2.12. The fourth-order valence-corrected chi connectivity index (χ4v) is 2.91. The number of rotatable bonds is 6. The summed E-state index contributed by atoms with van der Waals surface area (Å²) in [6.45, 7) is 7.75. The highest BCUT2D eigenvalue weighted by Gasteiger charge is 2.09. The number of benzene rings is 1. The molecular weight excluding hydrogens is 272 g/mol. The van der Waals surface area contributed by atoms with Crippen LogP contribution in [0.15, 0.2) is 39.1 Å². The van der Waals surface area contributed by atoms with E-state index in [4.69, 9.17) is 0 Å². The van der Waals surface area contributed by atoms with Gasteiger partial charge in [0, 0.05) is 17.5 Å². The highest BCUT2D eigenvalue weighted by atomic mass is 32.2. The van der Waals surface area contributed by atoms with Gasteiger partial charge in [-0.2, -0.15) is 0 Å². The van der Waals surface area contributed by atoms with Gasteiger partial charge in [0.25, 0.3) is 0 Å². The average Bonchev–Trinajstić information content (AvgIpc) is 2.80. The van der Waals surface area contributed by atoms with Gasteiger partial charge in [-0.05, 0) is 49.9 Å². The molecule has 1 atom stereocenters. The van der Waals surface area contributed by atoms with Crippen molar-refractivity contribution in [3.05, 3.63) is 40.3 Å². The molecule has 1 unspecified atom stereocenters. The van der Waals surface area contributed by atoms with Gasteiger partial charge in [-0.3, -0.25) is 4.57 Å². The van der Waals surface area contributed by atoms with Gasteiger partial charge in [0.2, 0.25) is 0 Å². The molecule has 5 nitrogen and oxygen atoms in total. The number of hydrogen-bond acceptors (Lipinski definition) is 4. The van der Waals surface area contributed by atoms with Gasteiger partial charge in [0.05, 0.1) is 0 Å². The van der Waals surface area contributed by atoms with Crippen LogP contribution >= 0.6 is 11.8 Å². The van der Waals surface area contributed by atoms with Crippen molar-refractivity contribution < 1.29 is 0 Å². The molecule has 0 fully saturated rings. The Morgan fingerprint density at radius 1 is 1.35 bits per heavy atom. The van der Waals surface area contributed by atoms with Crippen molar-refractivity contribution >= 4 is 11.8 Å². The monoisotopic (exact) mass is 292 g/mol. The van der Waals surface area contributed by atoms with Gasteiger partial charge in [0.15, 0.2) is 5.16 Å². The summed E-state index contributed by atoms with van der Waals surface area (Å²) < 4.78 is 1.62. The van der Waals surface area contributed by atoms with Crippen molar-refractivity contribution in [3.8, 4) is 0 Å². The van der Waals surface area contributed by atoms with Gasteiger partial charge in [-0.25, -0.2) is 9.89 Å². The second-order valence-corrected chi connectivity index (χ2v) is 5.55. The van der Waals surface area contributed by atoms with Crippen LogP contribution in [-0.4, -0.2) is 21.3 Å². The van der Waals surface area contributed by atoms with E-state index >= 15 is 0 Å². The summed E-state index contributed by atoms with van der Waals surface area (Å²) in [7, 11) is 0. The molecule has 0 amide bonds. The highest BCUT2D eigenvalue weighted by Crippen LogP contribution is 2.26. The molecule has 0 saturated heterocycles. The third-order valence-electron chi connectivity index (χ3n) is 3.14. The number of aromatic amines is 1. The minimum absolute atomic E-state index is 0.160. The van der Waals surface area contributed by atoms with Crippen LogP contribution < -0.4 is 11.0 Å². The molecule has 2 N–H and O–H groups in total. The third kappa shape index (κ3) is 3.32. The molecule has 0 aliphatic heterocycles. The Labute approximate surface area is 122 Å². The second-order valence-electron chi connectivity index (χ2n) is 4.51. The molecule has 2 rings (SSSR count). The zero-order valence-corrected chi connectivity index (χ0v) is 12.8. The Kier molecular flexibility index (Phi) is 5.03. The molecular formula is C14H20N4OS. The van der Waals surface area contributed by atoms with Crippen LogP contribution in [0.1, 0.15) is 32.4 Å². The van der Waals surface area contributed by atoms with Gasteiger partial charge < -0.3 is 5.32 Å². The van der Waals surface area contributed by atoms with E-state index in [2.05, 4.69) is 53.6 Å². The Morgan fingerprint density at radius 2 is 2.05 bits per heavy atom. The lowest BCUT2D eigenvalue weighted by atomic mass is 10.1. The summed E-state index contributed by atoms with van der Waals surface area (Å²) >= 11 is 1.49. The maximum atomic E-state index is 11.5. The molecule has 0 aliphatic carbocycles. The first-order chi connectivity index (χ1) is 9.65. The number of aromatic nitrogens is 3. The summed E-state index contributed by atoms with van der Waals surface area (Å²) in [6, 6.07) is 8.69. The Bertz CT molecular complexity index is 602. The minimum atomic E-state index is -0.160. The maximum Gasteiger partial charge on any atom is 0.343 e. The fourth-order valence-electron chi connectivity index (χ4n) is 2.01. The first kappa shape index (κ1) is 14.9. The Hall–Kier alpha value is -1.53. The van der Waals surface area contributed by atoms with Crippen molar-refractivity contribution in [2.75, 3.05) is 6.54 Å². The van der Waals surface area contributed by atoms with Crippen LogP contribution in [0.25, 0.3) is 0 Å². The predicted octanol–water partition coefficient (Wildman–Crippen LogP) is 2.41. The standard InChI is InChI=1S/C14H20N4OS/c1-4-15-10(3)11-6-8-12(9-7-11)20-14-17-16-13(19)18(14)5-2/h6-10,15H,4-5H2,1-3H3,(H,16,19). The predicted molar refractivity (Wildman–Crippen MR) is 81.2 cm³/mol. The van der Waals surface area contributed by atoms with E-state index in [0.717, 1.165) is 11.4 Å². The molecule has 20 heavy (non-hydrogen) atoms. The molecule has 108 valence electrons. The fraction of sp³-hybridized carbons (Fsp3) is 0.429. The van der Waals surface area contributed by atoms with Crippen LogP contribution in [0.4, 0.5) is 0 Å². The van der Waals surface area contributed by atoms with Gasteiger partial charge >= 0.3 is 5.69 Å². The van der Waals surface area contributed by atoms with E-state index in [1.807, 2.05) is 6.92 Å². The van der Waals surface area contributed by atoms with Gasteiger partial charge in [-0.15, -0.1) is 5.10 Å². The maximum absolute atomic E-state index is 11.5. The third-order valence-corrected chi connectivity index (χ3v) is 4.14. The van der Waals surface area contributed by atoms with Crippen molar-refractivity contribution in [1.29, 1.82) is 0 Å². The van der Waals surface area contributed by atoms with E-state index in [-0.39, 0.29) is 5.69 Å². The van der Waals surface area contributed by atoms with E-state index in [1.54, 1.807) is 4.57 Å². The second kappa shape index (κ2) is 6.76. The van der Waals surface area contributed by atoms with E-state index in [9.17, 15) is 4.79 Å². The van der Waals surface area contributed by atoms with Crippen LogP contribution in [0.5, 0.6) is 0 Å². The summed E-state index contributed by atoms with van der Waals surface area (Å²) in [5.41, 5.74) is 1.10. The van der Waals surface area contributed by atoms with Crippen molar-refractivity contribution in [2.24, 2.45) is 0 Å². The molecule has 0 radical (unpaired) electrons. The Balaban J connectivity index is 2.12. The zero-order chi connectivity index (χ0) is 14.5. The van der Waals surface area contributed by atoms with Gasteiger partial charge in [-0.1, -0.05) is 19.1 Å². The molecule has 1 aromatic carbocycles. The summed E-state index contributed by atoms with van der Waals surface area (Å²) in [5.74, 6) is 0. The summed E-state index contributed by atoms with van der Waals surface area (Å²) in [6.07, 6.45) is 0. The summed E-state index contributed by atoms with van der Waals surface area (Å²) in [5, 5.41) is 10.6. The molecule has 0 aliphatic rings. The molecule has 1 heterocycles. The molecule has 1 aromatic heterocycles. The van der Waals surface area contributed by atoms with Crippen LogP contribution in [-0.2, 0) is 6.54 Å². The number of nitrogens with one attached hydrogen (secondary N) is 2. The number of hydrogen-bond donors (Lipinski definition) is 2. The van der Waals surface area contributed by atoms with Crippen LogP contribution in [0.2, 0.25) is 0 Å². The minimum Gasteiger partial charge on any atom is -0.310 e. The molecule has 2 aromatic rings. The lowest BCUT2D eigenvalue weighted by Crippen LogP contribution is -2.17. The topological polar surface area (TPSA) is 62.7 Å². The van der Waals surface area contributed by atoms with Crippen LogP contribution in [0.3, 0.4) is 0 Å². The number of H-pyrrole nitrogens is 1. The zero-order valence-electron chi connectivity index (χ0n) is 12.0.